The Morgan fingerprint density at radius 2 is 1.53 bits per heavy atom. The van der Waals surface area contributed by atoms with Crippen molar-refractivity contribution in [2.24, 2.45) is 0 Å². The van der Waals surface area contributed by atoms with Gasteiger partial charge in [0.25, 0.3) is 10.0 Å². The topological polar surface area (TPSA) is 66.5 Å². The molecule has 0 saturated carbocycles. The van der Waals surface area contributed by atoms with Crippen LogP contribution in [0, 0.1) is 6.92 Å². The SMILES string of the molecule is Cc1ccc(CN2c3ccccc3C(=O)/C(=C\NCc3ccccc3)S2(=O)=O)cc1. The Morgan fingerprint density at radius 1 is 0.867 bits per heavy atom. The first kappa shape index (κ1) is 19.9. The van der Waals surface area contributed by atoms with Crippen molar-refractivity contribution in [1.82, 2.24) is 5.32 Å². The summed E-state index contributed by atoms with van der Waals surface area (Å²) < 4.78 is 28.1. The Labute approximate surface area is 176 Å². The second-order valence-electron chi connectivity index (χ2n) is 7.22. The first-order chi connectivity index (χ1) is 14.5. The maximum Gasteiger partial charge on any atom is 0.270 e. The first-order valence-corrected chi connectivity index (χ1v) is 11.1. The van der Waals surface area contributed by atoms with Crippen LogP contribution in [0.3, 0.4) is 0 Å². The van der Waals surface area contributed by atoms with Crippen molar-refractivity contribution in [3.05, 3.63) is 112 Å². The van der Waals surface area contributed by atoms with Crippen molar-refractivity contribution in [3.63, 3.8) is 0 Å². The number of anilines is 1. The zero-order chi connectivity index (χ0) is 21.1. The van der Waals surface area contributed by atoms with E-state index in [1.807, 2.05) is 61.5 Å². The molecule has 3 aromatic rings. The molecule has 5 nitrogen and oxygen atoms in total. The molecular formula is C24H22N2O3S. The number of rotatable bonds is 5. The molecule has 1 N–H and O–H groups in total. The number of carbonyl (C=O) groups is 1. The van der Waals surface area contributed by atoms with Gasteiger partial charge < -0.3 is 5.32 Å². The van der Waals surface area contributed by atoms with Gasteiger partial charge in [0.1, 0.15) is 0 Å². The summed E-state index contributed by atoms with van der Waals surface area (Å²) in [6, 6.07) is 24.1. The monoisotopic (exact) mass is 418 g/mol. The van der Waals surface area contributed by atoms with Gasteiger partial charge in [0.05, 0.1) is 12.2 Å². The third kappa shape index (κ3) is 3.86. The van der Waals surface area contributed by atoms with Crippen molar-refractivity contribution < 1.29 is 13.2 Å². The number of para-hydroxylation sites is 1. The zero-order valence-electron chi connectivity index (χ0n) is 16.6. The van der Waals surface area contributed by atoms with E-state index in [-0.39, 0.29) is 11.4 Å². The van der Waals surface area contributed by atoms with Crippen molar-refractivity contribution in [3.8, 4) is 0 Å². The number of sulfonamides is 1. The van der Waals surface area contributed by atoms with Crippen LogP contribution >= 0.6 is 0 Å². The normalized spacial score (nSPS) is 16.4. The number of ketones is 1. The fraction of sp³-hybridized carbons (Fsp3) is 0.125. The summed E-state index contributed by atoms with van der Waals surface area (Å²) in [4.78, 5) is 12.8. The molecule has 1 aliphatic heterocycles. The van der Waals surface area contributed by atoms with E-state index in [0.29, 0.717) is 17.8 Å². The number of nitrogens with zero attached hydrogens (tertiary/aromatic N) is 1. The van der Waals surface area contributed by atoms with E-state index in [9.17, 15) is 13.2 Å². The summed E-state index contributed by atoms with van der Waals surface area (Å²) in [5.74, 6) is -0.494. The minimum atomic E-state index is -4.01. The highest BCUT2D eigenvalue weighted by Crippen LogP contribution is 2.35. The van der Waals surface area contributed by atoms with Gasteiger partial charge in [-0.25, -0.2) is 8.42 Å². The van der Waals surface area contributed by atoms with E-state index in [1.54, 1.807) is 24.3 Å². The lowest BCUT2D eigenvalue weighted by Crippen LogP contribution is -2.39. The van der Waals surface area contributed by atoms with E-state index in [2.05, 4.69) is 5.32 Å². The second-order valence-corrected chi connectivity index (χ2v) is 9.05. The molecule has 0 fully saturated rings. The molecule has 0 unspecified atom stereocenters. The lowest BCUT2D eigenvalue weighted by molar-refractivity contribution is 0.104. The van der Waals surface area contributed by atoms with E-state index < -0.39 is 15.8 Å². The molecule has 0 saturated heterocycles. The quantitative estimate of drug-likeness (QED) is 0.632. The number of aryl methyl sites for hydroxylation is 1. The summed E-state index contributed by atoms with van der Waals surface area (Å²) in [6.07, 6.45) is 1.32. The molecule has 3 aromatic carbocycles. The van der Waals surface area contributed by atoms with Crippen LogP contribution in [0.2, 0.25) is 0 Å². The van der Waals surface area contributed by atoms with Gasteiger partial charge in [0.2, 0.25) is 5.78 Å². The van der Waals surface area contributed by atoms with Crippen molar-refractivity contribution in [2.45, 2.75) is 20.0 Å². The highest BCUT2D eigenvalue weighted by Gasteiger charge is 2.39. The minimum Gasteiger partial charge on any atom is -0.386 e. The van der Waals surface area contributed by atoms with E-state index in [4.69, 9.17) is 0 Å². The lowest BCUT2D eigenvalue weighted by atomic mass is 10.1. The molecule has 0 amide bonds. The van der Waals surface area contributed by atoms with E-state index in [1.165, 1.54) is 10.5 Å². The number of allylic oxidation sites excluding steroid dienone is 1. The highest BCUT2D eigenvalue weighted by molar-refractivity contribution is 7.97. The van der Waals surface area contributed by atoms with Gasteiger partial charge in [-0.05, 0) is 30.2 Å². The Bertz CT molecular complexity index is 1200. The third-order valence-corrected chi connectivity index (χ3v) is 6.80. The summed E-state index contributed by atoms with van der Waals surface area (Å²) in [5, 5.41) is 2.99. The lowest BCUT2D eigenvalue weighted by Gasteiger charge is -2.31. The van der Waals surface area contributed by atoms with Gasteiger partial charge in [0.15, 0.2) is 4.91 Å². The Hall–Kier alpha value is -3.38. The number of carbonyl (C=O) groups excluding carboxylic acids is 1. The van der Waals surface area contributed by atoms with Crippen LogP contribution in [-0.4, -0.2) is 14.2 Å². The number of hydrogen-bond donors (Lipinski definition) is 1. The Morgan fingerprint density at radius 3 is 2.27 bits per heavy atom. The van der Waals surface area contributed by atoms with Crippen LogP contribution < -0.4 is 9.62 Å². The molecule has 1 aliphatic rings. The highest BCUT2D eigenvalue weighted by atomic mass is 32.2. The average molecular weight is 419 g/mol. The van der Waals surface area contributed by atoms with Crippen LogP contribution in [0.15, 0.2) is 90.0 Å². The van der Waals surface area contributed by atoms with Gasteiger partial charge in [-0.1, -0.05) is 72.3 Å². The summed E-state index contributed by atoms with van der Waals surface area (Å²) in [7, 11) is -4.01. The molecule has 0 radical (unpaired) electrons. The molecule has 0 aliphatic carbocycles. The number of Topliss-reactive ketones (excluding diaryl/α,β-unsaturated/α-hetero) is 1. The maximum absolute atomic E-state index is 13.4. The number of fused-ring (bicyclic) bond motifs is 1. The molecule has 6 heteroatoms. The minimum absolute atomic E-state index is 0.156. The van der Waals surface area contributed by atoms with E-state index >= 15 is 0 Å². The van der Waals surface area contributed by atoms with Crippen molar-refractivity contribution in [1.29, 1.82) is 0 Å². The van der Waals surface area contributed by atoms with Crippen molar-refractivity contribution >= 4 is 21.5 Å². The molecule has 1 heterocycles. The number of nitrogens with one attached hydrogen (secondary N) is 1. The van der Waals surface area contributed by atoms with Gasteiger partial charge in [-0.3, -0.25) is 9.10 Å². The van der Waals surface area contributed by atoms with Crippen LogP contribution in [0.5, 0.6) is 0 Å². The molecule has 0 atom stereocenters. The smallest absolute Gasteiger partial charge is 0.270 e. The van der Waals surface area contributed by atoms with Crippen LogP contribution in [-0.2, 0) is 23.1 Å². The standard InChI is InChI=1S/C24H22N2O3S/c1-18-11-13-20(14-12-18)17-26-22-10-6-5-9-21(22)24(27)23(30(26,28)29)16-25-15-19-7-3-2-4-8-19/h2-14,16,25H,15,17H2,1H3/b23-16+. The average Bonchev–Trinajstić information content (AvgIpc) is 2.75. The van der Waals surface area contributed by atoms with E-state index in [0.717, 1.165) is 16.7 Å². The Balaban J connectivity index is 1.70. The molecule has 0 spiro atoms. The fourth-order valence-corrected chi connectivity index (χ4v) is 4.96. The van der Waals surface area contributed by atoms with Gasteiger partial charge in [-0.15, -0.1) is 0 Å². The molecule has 30 heavy (non-hydrogen) atoms. The molecule has 0 bridgehead atoms. The van der Waals surface area contributed by atoms with Crippen LogP contribution in [0.4, 0.5) is 5.69 Å². The molecule has 0 aromatic heterocycles. The fourth-order valence-electron chi connectivity index (χ4n) is 3.41. The van der Waals surface area contributed by atoms with Crippen LogP contribution in [0.25, 0.3) is 0 Å². The first-order valence-electron chi connectivity index (χ1n) is 9.66. The summed E-state index contributed by atoms with van der Waals surface area (Å²) >= 11 is 0. The maximum atomic E-state index is 13.4. The molecule has 152 valence electrons. The van der Waals surface area contributed by atoms with Gasteiger partial charge >= 0.3 is 0 Å². The largest absolute Gasteiger partial charge is 0.386 e. The van der Waals surface area contributed by atoms with Crippen LogP contribution in [0.1, 0.15) is 27.0 Å². The van der Waals surface area contributed by atoms with Gasteiger partial charge in [0, 0.05) is 18.3 Å². The Kier molecular flexibility index (Phi) is 5.42. The van der Waals surface area contributed by atoms with Gasteiger partial charge in [-0.2, -0.15) is 0 Å². The second kappa shape index (κ2) is 8.16. The zero-order valence-corrected chi connectivity index (χ0v) is 17.4. The number of benzene rings is 3. The summed E-state index contributed by atoms with van der Waals surface area (Å²) in [6.45, 7) is 2.56. The molecule has 4 rings (SSSR count). The summed E-state index contributed by atoms with van der Waals surface area (Å²) in [5.41, 5.74) is 3.73. The van der Waals surface area contributed by atoms with Crippen molar-refractivity contribution in [2.75, 3.05) is 4.31 Å². The number of hydrogen-bond acceptors (Lipinski definition) is 4. The predicted molar refractivity (Wildman–Crippen MR) is 118 cm³/mol. The molecular weight excluding hydrogens is 396 g/mol. The third-order valence-electron chi connectivity index (χ3n) is 5.04. The predicted octanol–water partition coefficient (Wildman–Crippen LogP) is 4.16.